The van der Waals surface area contributed by atoms with E-state index < -0.39 is 0 Å². The Kier molecular flexibility index (Phi) is 4.38. The Hall–Kier alpha value is -0.910. The fraction of sp³-hybridized carbons (Fsp3) is 0.667. The van der Waals surface area contributed by atoms with E-state index in [4.69, 9.17) is 0 Å². The molecule has 2 fully saturated rings. The van der Waals surface area contributed by atoms with Crippen molar-refractivity contribution in [2.45, 2.75) is 31.8 Å². The highest BCUT2D eigenvalue weighted by Crippen LogP contribution is 2.35. The van der Waals surface area contributed by atoms with E-state index in [1.807, 2.05) is 0 Å². The van der Waals surface area contributed by atoms with Crippen molar-refractivity contribution in [1.29, 1.82) is 0 Å². The third-order valence-electron chi connectivity index (χ3n) is 4.46. The zero-order valence-corrected chi connectivity index (χ0v) is 12.9. The fourth-order valence-electron chi connectivity index (χ4n) is 3.27. The minimum absolute atomic E-state index is 0.0117. The number of nitrogens with one attached hydrogen (secondary N) is 1. The van der Waals surface area contributed by atoms with Crippen LogP contribution in [0.25, 0.3) is 0 Å². The van der Waals surface area contributed by atoms with Crippen LogP contribution in [0.1, 0.15) is 30.7 Å². The smallest absolute Gasteiger partial charge is 0.240 e. The number of amides is 1. The number of rotatable bonds is 3. The van der Waals surface area contributed by atoms with Crippen LogP contribution in [0, 0.1) is 0 Å². The number of nitrogens with zero attached hydrogens (tertiary/aromatic N) is 2. The van der Waals surface area contributed by atoms with E-state index >= 15 is 0 Å². The van der Waals surface area contributed by atoms with Crippen molar-refractivity contribution >= 4 is 17.2 Å². The lowest BCUT2D eigenvalue weighted by Crippen LogP contribution is -2.53. The number of piperazine rings is 1. The molecule has 1 aromatic rings. The second kappa shape index (κ2) is 6.24. The molecule has 2 saturated heterocycles. The van der Waals surface area contributed by atoms with Gasteiger partial charge in [-0.05, 0) is 31.2 Å². The molecule has 0 saturated carbocycles. The zero-order valence-electron chi connectivity index (χ0n) is 12.0. The molecule has 20 heavy (non-hydrogen) atoms. The van der Waals surface area contributed by atoms with Crippen LogP contribution in [0.15, 0.2) is 17.5 Å². The summed E-state index contributed by atoms with van der Waals surface area (Å²) >= 11 is 1.77. The van der Waals surface area contributed by atoms with E-state index in [0.29, 0.717) is 11.9 Å². The molecular formula is C15H23N3OS. The van der Waals surface area contributed by atoms with Gasteiger partial charge in [0.2, 0.25) is 5.91 Å². The summed E-state index contributed by atoms with van der Waals surface area (Å²) < 4.78 is 0. The summed E-state index contributed by atoms with van der Waals surface area (Å²) in [6.45, 7) is 6.92. The zero-order chi connectivity index (χ0) is 13.9. The lowest BCUT2D eigenvalue weighted by atomic mass is 10.1. The molecule has 1 aromatic heterocycles. The lowest BCUT2D eigenvalue weighted by Gasteiger charge is -2.35. The molecule has 3 heterocycles. The molecule has 0 spiro atoms. The van der Waals surface area contributed by atoms with Crippen molar-refractivity contribution in [3.8, 4) is 0 Å². The van der Waals surface area contributed by atoms with Gasteiger partial charge in [0.1, 0.15) is 0 Å². The summed E-state index contributed by atoms with van der Waals surface area (Å²) in [5.74, 6) is 0.308. The normalized spacial score (nSPS) is 25.9. The summed E-state index contributed by atoms with van der Waals surface area (Å²) in [7, 11) is 0. The first kappa shape index (κ1) is 14.0. The van der Waals surface area contributed by atoms with Crippen LogP contribution < -0.4 is 5.32 Å². The standard InChI is InChI=1S/C15H23N3OS/c1-12(17-9-6-16-7-10-17)15(19)18-8-2-4-13(18)14-5-3-11-20-14/h3,5,11-13,16H,2,4,6-10H2,1H3. The van der Waals surface area contributed by atoms with E-state index in [-0.39, 0.29) is 6.04 Å². The quantitative estimate of drug-likeness (QED) is 0.921. The van der Waals surface area contributed by atoms with Gasteiger partial charge in [-0.15, -0.1) is 11.3 Å². The number of carbonyl (C=O) groups is 1. The molecule has 0 radical (unpaired) electrons. The molecule has 4 nitrogen and oxygen atoms in total. The number of hydrogen-bond donors (Lipinski definition) is 1. The predicted molar refractivity (Wildman–Crippen MR) is 81.9 cm³/mol. The Labute approximate surface area is 124 Å². The topological polar surface area (TPSA) is 35.6 Å². The van der Waals surface area contributed by atoms with E-state index in [0.717, 1.165) is 45.6 Å². The SMILES string of the molecule is CC(C(=O)N1CCCC1c1cccs1)N1CCNCC1. The average Bonchev–Trinajstić information content (AvgIpc) is 3.16. The molecule has 2 aliphatic rings. The third kappa shape index (κ3) is 2.75. The average molecular weight is 293 g/mol. The van der Waals surface area contributed by atoms with Crippen LogP contribution in [0.3, 0.4) is 0 Å². The molecule has 1 N–H and O–H groups in total. The van der Waals surface area contributed by atoms with Gasteiger partial charge in [-0.2, -0.15) is 0 Å². The third-order valence-corrected chi connectivity index (χ3v) is 5.44. The second-order valence-corrected chi connectivity index (χ2v) is 6.65. The monoisotopic (exact) mass is 293 g/mol. The van der Waals surface area contributed by atoms with Gasteiger partial charge < -0.3 is 10.2 Å². The highest BCUT2D eigenvalue weighted by atomic mass is 32.1. The van der Waals surface area contributed by atoms with E-state index in [1.54, 1.807) is 11.3 Å². The Morgan fingerprint density at radius 3 is 2.90 bits per heavy atom. The maximum Gasteiger partial charge on any atom is 0.240 e. The van der Waals surface area contributed by atoms with Crippen LogP contribution in [-0.2, 0) is 4.79 Å². The Bertz CT molecular complexity index is 442. The van der Waals surface area contributed by atoms with Gasteiger partial charge in [0, 0.05) is 37.6 Å². The van der Waals surface area contributed by atoms with E-state index in [1.165, 1.54) is 4.88 Å². The molecule has 1 amide bonds. The molecule has 2 unspecified atom stereocenters. The van der Waals surface area contributed by atoms with Gasteiger partial charge in [0.15, 0.2) is 0 Å². The highest BCUT2D eigenvalue weighted by Gasteiger charge is 2.35. The van der Waals surface area contributed by atoms with E-state index in [9.17, 15) is 4.79 Å². The maximum atomic E-state index is 12.8. The number of thiophene rings is 1. The maximum absolute atomic E-state index is 12.8. The van der Waals surface area contributed by atoms with Gasteiger partial charge in [-0.25, -0.2) is 0 Å². The highest BCUT2D eigenvalue weighted by molar-refractivity contribution is 7.10. The number of hydrogen-bond acceptors (Lipinski definition) is 4. The van der Waals surface area contributed by atoms with Crippen LogP contribution in [0.2, 0.25) is 0 Å². The molecule has 3 rings (SSSR count). The van der Waals surface area contributed by atoms with Gasteiger partial charge in [-0.1, -0.05) is 6.07 Å². The lowest BCUT2D eigenvalue weighted by molar-refractivity contribution is -0.137. The summed E-state index contributed by atoms with van der Waals surface area (Å²) in [4.78, 5) is 18.6. The van der Waals surface area contributed by atoms with Gasteiger partial charge >= 0.3 is 0 Å². The minimum atomic E-state index is 0.0117. The molecule has 0 bridgehead atoms. The Morgan fingerprint density at radius 2 is 2.20 bits per heavy atom. The van der Waals surface area contributed by atoms with Crippen molar-refractivity contribution in [3.63, 3.8) is 0 Å². The minimum Gasteiger partial charge on any atom is -0.333 e. The predicted octanol–water partition coefficient (Wildman–Crippen LogP) is 1.71. The summed E-state index contributed by atoms with van der Waals surface area (Å²) in [6.07, 6.45) is 2.24. The first-order valence-corrected chi connectivity index (χ1v) is 8.44. The van der Waals surface area contributed by atoms with Crippen molar-refractivity contribution in [2.75, 3.05) is 32.7 Å². The summed E-state index contributed by atoms with van der Waals surface area (Å²) in [5.41, 5.74) is 0. The molecule has 5 heteroatoms. The van der Waals surface area contributed by atoms with Crippen molar-refractivity contribution in [3.05, 3.63) is 22.4 Å². The summed E-state index contributed by atoms with van der Waals surface area (Å²) in [5, 5.41) is 5.45. The molecule has 0 aliphatic carbocycles. The van der Waals surface area contributed by atoms with Crippen molar-refractivity contribution in [2.24, 2.45) is 0 Å². The van der Waals surface area contributed by atoms with Crippen LogP contribution in [0.5, 0.6) is 0 Å². The molecule has 2 aliphatic heterocycles. The van der Waals surface area contributed by atoms with Crippen molar-refractivity contribution in [1.82, 2.24) is 15.1 Å². The van der Waals surface area contributed by atoms with Crippen molar-refractivity contribution < 1.29 is 4.79 Å². The molecular weight excluding hydrogens is 270 g/mol. The van der Waals surface area contributed by atoms with Crippen LogP contribution in [-0.4, -0.2) is 54.5 Å². The molecule has 110 valence electrons. The number of carbonyl (C=O) groups excluding carboxylic acids is 1. The largest absolute Gasteiger partial charge is 0.333 e. The van der Waals surface area contributed by atoms with Crippen LogP contribution >= 0.6 is 11.3 Å². The second-order valence-electron chi connectivity index (χ2n) is 5.67. The van der Waals surface area contributed by atoms with Crippen LogP contribution in [0.4, 0.5) is 0 Å². The number of likely N-dealkylation sites (tertiary alicyclic amines) is 1. The Balaban J connectivity index is 1.69. The van der Waals surface area contributed by atoms with Gasteiger partial charge in [0.25, 0.3) is 0 Å². The van der Waals surface area contributed by atoms with E-state index in [2.05, 4.69) is 39.6 Å². The summed E-state index contributed by atoms with van der Waals surface area (Å²) in [6, 6.07) is 4.57. The fourth-order valence-corrected chi connectivity index (χ4v) is 4.15. The first-order chi connectivity index (χ1) is 9.77. The molecule has 0 aromatic carbocycles. The van der Waals surface area contributed by atoms with Gasteiger partial charge in [0.05, 0.1) is 12.1 Å². The molecule has 2 atom stereocenters. The Morgan fingerprint density at radius 1 is 1.40 bits per heavy atom. The first-order valence-electron chi connectivity index (χ1n) is 7.56. The van der Waals surface area contributed by atoms with Gasteiger partial charge in [-0.3, -0.25) is 9.69 Å².